The van der Waals surface area contributed by atoms with Crippen molar-refractivity contribution >= 4 is 5.82 Å². The standard InChI is InChI=1S/C11H14F3N5O/c1-18-8(6-9(16-18)11(12,13)14)7-15-10-2-3-19(17-10)4-5-20/h2-3,6,20H,4-5,7H2,1H3,(H,15,17). The van der Waals surface area contributed by atoms with Crippen molar-refractivity contribution in [1.29, 1.82) is 0 Å². The summed E-state index contributed by atoms with van der Waals surface area (Å²) in [5.41, 5.74) is -0.517. The Bertz CT molecular complexity index is 575. The van der Waals surface area contributed by atoms with Crippen LogP contribution in [0, 0.1) is 0 Å². The van der Waals surface area contributed by atoms with Gasteiger partial charge in [0.15, 0.2) is 5.69 Å². The van der Waals surface area contributed by atoms with Crippen LogP contribution in [0.25, 0.3) is 0 Å². The van der Waals surface area contributed by atoms with Crippen molar-refractivity contribution in [3.63, 3.8) is 0 Å². The number of alkyl halides is 3. The van der Waals surface area contributed by atoms with Crippen molar-refractivity contribution in [3.05, 3.63) is 29.7 Å². The molecule has 0 saturated heterocycles. The SMILES string of the molecule is Cn1nc(C(F)(F)F)cc1CNc1ccn(CCO)n1. The molecule has 110 valence electrons. The average molecular weight is 289 g/mol. The summed E-state index contributed by atoms with van der Waals surface area (Å²) in [5, 5.41) is 19.2. The quantitative estimate of drug-likeness (QED) is 0.869. The van der Waals surface area contributed by atoms with E-state index in [1.54, 1.807) is 12.3 Å². The summed E-state index contributed by atoms with van der Waals surface area (Å²) in [7, 11) is 1.45. The lowest BCUT2D eigenvalue weighted by Gasteiger charge is -2.03. The average Bonchev–Trinajstić information content (AvgIpc) is 2.93. The van der Waals surface area contributed by atoms with Gasteiger partial charge in [0.1, 0.15) is 5.82 Å². The summed E-state index contributed by atoms with van der Waals surface area (Å²) >= 11 is 0. The molecule has 2 aromatic rings. The third-order valence-electron chi connectivity index (χ3n) is 2.69. The van der Waals surface area contributed by atoms with E-state index in [1.165, 1.54) is 16.4 Å². The molecule has 0 fully saturated rings. The number of halogens is 3. The molecule has 20 heavy (non-hydrogen) atoms. The van der Waals surface area contributed by atoms with Crippen LogP contribution in [0.1, 0.15) is 11.4 Å². The number of nitrogens with zero attached hydrogens (tertiary/aromatic N) is 4. The third kappa shape index (κ3) is 3.29. The largest absolute Gasteiger partial charge is 0.435 e. The summed E-state index contributed by atoms with van der Waals surface area (Å²) in [5.74, 6) is 0.521. The Labute approximate surface area is 112 Å². The van der Waals surface area contributed by atoms with E-state index in [-0.39, 0.29) is 13.2 Å². The van der Waals surface area contributed by atoms with E-state index in [1.807, 2.05) is 0 Å². The van der Waals surface area contributed by atoms with Crippen LogP contribution in [0.4, 0.5) is 19.0 Å². The molecule has 0 bridgehead atoms. The van der Waals surface area contributed by atoms with Crippen LogP contribution in [0.3, 0.4) is 0 Å². The van der Waals surface area contributed by atoms with Gasteiger partial charge in [0.05, 0.1) is 25.4 Å². The maximum atomic E-state index is 12.5. The summed E-state index contributed by atoms with van der Waals surface area (Å²) in [4.78, 5) is 0. The predicted molar refractivity (Wildman–Crippen MR) is 64.8 cm³/mol. The zero-order valence-electron chi connectivity index (χ0n) is 10.7. The fourth-order valence-electron chi connectivity index (χ4n) is 1.67. The zero-order valence-corrected chi connectivity index (χ0v) is 10.7. The lowest BCUT2D eigenvalue weighted by Crippen LogP contribution is -2.08. The van der Waals surface area contributed by atoms with Gasteiger partial charge in [0.25, 0.3) is 0 Å². The topological polar surface area (TPSA) is 67.9 Å². The fourth-order valence-corrected chi connectivity index (χ4v) is 1.67. The maximum absolute atomic E-state index is 12.5. The molecule has 0 atom stereocenters. The van der Waals surface area contributed by atoms with Crippen molar-refractivity contribution in [2.24, 2.45) is 7.05 Å². The van der Waals surface area contributed by atoms with Gasteiger partial charge in [-0.25, -0.2) is 0 Å². The number of aryl methyl sites for hydroxylation is 1. The molecule has 0 spiro atoms. The highest BCUT2D eigenvalue weighted by Crippen LogP contribution is 2.28. The first-order chi connectivity index (χ1) is 9.40. The van der Waals surface area contributed by atoms with Crippen molar-refractivity contribution in [1.82, 2.24) is 19.6 Å². The lowest BCUT2D eigenvalue weighted by molar-refractivity contribution is -0.141. The minimum absolute atomic E-state index is 0.0300. The molecule has 2 heterocycles. The minimum Gasteiger partial charge on any atom is -0.394 e. The Balaban J connectivity index is 2.01. The van der Waals surface area contributed by atoms with Gasteiger partial charge in [-0.05, 0) is 6.07 Å². The van der Waals surface area contributed by atoms with Gasteiger partial charge in [-0.2, -0.15) is 23.4 Å². The predicted octanol–water partition coefficient (Wildman–Crippen LogP) is 1.24. The normalized spacial score (nSPS) is 11.8. The Morgan fingerprint density at radius 1 is 1.35 bits per heavy atom. The van der Waals surface area contributed by atoms with E-state index < -0.39 is 11.9 Å². The second-order valence-electron chi connectivity index (χ2n) is 4.18. The van der Waals surface area contributed by atoms with Crippen LogP contribution in [0.2, 0.25) is 0 Å². The number of aliphatic hydroxyl groups excluding tert-OH is 1. The summed E-state index contributed by atoms with van der Waals surface area (Å²) in [6.07, 6.45) is -2.78. The number of hydrogen-bond acceptors (Lipinski definition) is 4. The van der Waals surface area contributed by atoms with Crippen LogP contribution >= 0.6 is 0 Å². The molecule has 0 amide bonds. The van der Waals surface area contributed by atoms with Gasteiger partial charge in [-0.15, -0.1) is 0 Å². The van der Waals surface area contributed by atoms with Gasteiger partial charge >= 0.3 is 6.18 Å². The lowest BCUT2D eigenvalue weighted by atomic mass is 10.3. The Hall–Kier alpha value is -2.03. The number of aromatic nitrogens is 4. The first-order valence-electron chi connectivity index (χ1n) is 5.88. The molecule has 0 saturated carbocycles. The first-order valence-corrected chi connectivity index (χ1v) is 5.88. The second-order valence-corrected chi connectivity index (χ2v) is 4.18. The summed E-state index contributed by atoms with van der Waals surface area (Å²) < 4.78 is 40.2. The van der Waals surface area contributed by atoms with Gasteiger partial charge in [-0.3, -0.25) is 9.36 Å². The van der Waals surface area contributed by atoms with Gasteiger partial charge in [0.2, 0.25) is 0 Å². The molecule has 0 unspecified atom stereocenters. The number of nitrogens with one attached hydrogen (secondary N) is 1. The number of anilines is 1. The molecule has 2 rings (SSSR count). The zero-order chi connectivity index (χ0) is 14.8. The number of aliphatic hydroxyl groups is 1. The second kappa shape index (κ2) is 5.53. The highest BCUT2D eigenvalue weighted by molar-refractivity contribution is 5.33. The molecule has 0 aliphatic carbocycles. The van der Waals surface area contributed by atoms with Crippen molar-refractivity contribution in [2.75, 3.05) is 11.9 Å². The first kappa shape index (κ1) is 14.4. The summed E-state index contributed by atoms with van der Waals surface area (Å²) in [6, 6.07) is 2.68. The molecule has 0 radical (unpaired) electrons. The molecule has 2 N–H and O–H groups in total. The van der Waals surface area contributed by atoms with E-state index >= 15 is 0 Å². The molecular formula is C11H14F3N5O. The smallest absolute Gasteiger partial charge is 0.394 e. The Morgan fingerprint density at radius 2 is 2.10 bits per heavy atom. The Morgan fingerprint density at radius 3 is 2.70 bits per heavy atom. The van der Waals surface area contributed by atoms with E-state index in [0.29, 0.717) is 18.1 Å². The number of hydrogen-bond donors (Lipinski definition) is 2. The van der Waals surface area contributed by atoms with Crippen LogP contribution in [0.5, 0.6) is 0 Å². The van der Waals surface area contributed by atoms with Crippen LogP contribution in [-0.4, -0.2) is 31.3 Å². The third-order valence-corrected chi connectivity index (χ3v) is 2.69. The minimum atomic E-state index is -4.45. The van der Waals surface area contributed by atoms with Gasteiger partial charge < -0.3 is 10.4 Å². The fraction of sp³-hybridized carbons (Fsp3) is 0.455. The highest BCUT2D eigenvalue weighted by Gasteiger charge is 2.34. The monoisotopic (exact) mass is 289 g/mol. The maximum Gasteiger partial charge on any atom is 0.435 e. The molecular weight excluding hydrogens is 275 g/mol. The molecule has 2 aromatic heterocycles. The molecule has 9 heteroatoms. The van der Waals surface area contributed by atoms with Crippen molar-refractivity contribution < 1.29 is 18.3 Å². The molecule has 6 nitrogen and oxygen atoms in total. The van der Waals surface area contributed by atoms with Crippen LogP contribution < -0.4 is 5.32 Å². The van der Waals surface area contributed by atoms with Gasteiger partial charge in [-0.1, -0.05) is 0 Å². The number of rotatable bonds is 5. The van der Waals surface area contributed by atoms with E-state index in [9.17, 15) is 13.2 Å². The van der Waals surface area contributed by atoms with E-state index in [2.05, 4.69) is 15.5 Å². The van der Waals surface area contributed by atoms with Crippen molar-refractivity contribution in [3.8, 4) is 0 Å². The molecule has 0 aliphatic heterocycles. The van der Waals surface area contributed by atoms with E-state index in [4.69, 9.17) is 5.11 Å². The molecule has 0 aliphatic rings. The molecule has 0 aromatic carbocycles. The highest BCUT2D eigenvalue weighted by atomic mass is 19.4. The van der Waals surface area contributed by atoms with Crippen LogP contribution in [0.15, 0.2) is 18.3 Å². The van der Waals surface area contributed by atoms with E-state index in [0.717, 1.165) is 6.07 Å². The summed E-state index contributed by atoms with van der Waals surface area (Å²) in [6.45, 7) is 0.513. The van der Waals surface area contributed by atoms with Crippen LogP contribution in [-0.2, 0) is 26.3 Å². The van der Waals surface area contributed by atoms with Gasteiger partial charge in [0, 0.05) is 19.3 Å². The van der Waals surface area contributed by atoms with Crippen molar-refractivity contribution in [2.45, 2.75) is 19.3 Å². The Kier molecular flexibility index (Phi) is 3.98.